The van der Waals surface area contributed by atoms with E-state index >= 15 is 0 Å². The maximum absolute atomic E-state index is 11.5. The van der Waals surface area contributed by atoms with Gasteiger partial charge in [0.15, 0.2) is 0 Å². The van der Waals surface area contributed by atoms with Gasteiger partial charge in [-0.05, 0) is 61.1 Å². The topological polar surface area (TPSA) is 52.1 Å². The molecule has 146 valence electrons. The minimum Gasteiger partial charge on any atom is -0.466 e. The van der Waals surface area contributed by atoms with Crippen LogP contribution in [0.5, 0.6) is 0 Å². The second-order valence-electron chi connectivity index (χ2n) is 6.92. The van der Waals surface area contributed by atoms with Gasteiger partial charge in [0.05, 0.1) is 12.2 Å². The first kappa shape index (κ1) is 20.4. The Hall–Kier alpha value is -2.32. The van der Waals surface area contributed by atoms with Gasteiger partial charge in [0.1, 0.15) is 12.2 Å². The van der Waals surface area contributed by atoms with Crippen molar-refractivity contribution in [3.05, 3.63) is 53.1 Å². The fourth-order valence-corrected chi connectivity index (χ4v) is 4.93. The molecule has 1 aromatic heterocycles. The van der Waals surface area contributed by atoms with E-state index in [1.54, 1.807) is 19.3 Å². The Morgan fingerprint density at radius 3 is 2.54 bits per heavy atom. The molecule has 2 heterocycles. The molecule has 1 aliphatic rings. The lowest BCUT2D eigenvalue weighted by atomic mass is 9.73. The van der Waals surface area contributed by atoms with E-state index in [0.717, 1.165) is 24.0 Å². The third kappa shape index (κ3) is 4.56. The summed E-state index contributed by atoms with van der Waals surface area (Å²) in [6.45, 7) is 6.72. The fraction of sp³-hybridized carbons (Fsp3) is 0.435. The van der Waals surface area contributed by atoms with Gasteiger partial charge in [-0.25, -0.2) is 9.97 Å². The zero-order valence-electron chi connectivity index (χ0n) is 16.7. The van der Waals surface area contributed by atoms with Gasteiger partial charge in [0, 0.05) is 22.9 Å². The zero-order chi connectivity index (χ0) is 20.0. The van der Waals surface area contributed by atoms with Crippen molar-refractivity contribution >= 4 is 17.7 Å². The number of esters is 1. The second-order valence-corrected chi connectivity index (χ2v) is 8.05. The summed E-state index contributed by atoms with van der Waals surface area (Å²) < 4.78 is 4.91. The van der Waals surface area contributed by atoms with Gasteiger partial charge in [-0.1, -0.05) is 25.7 Å². The third-order valence-corrected chi connectivity index (χ3v) is 6.48. The summed E-state index contributed by atoms with van der Waals surface area (Å²) in [6, 6.07) is 6.57. The smallest absolute Gasteiger partial charge is 0.313 e. The van der Waals surface area contributed by atoms with Gasteiger partial charge in [0.2, 0.25) is 0 Å². The molecule has 0 unspecified atom stereocenters. The van der Waals surface area contributed by atoms with Crippen molar-refractivity contribution in [1.29, 1.82) is 0 Å². The molecule has 0 bridgehead atoms. The highest BCUT2D eigenvalue weighted by Crippen LogP contribution is 2.46. The Bertz CT molecular complexity index is 893. The molecule has 5 heteroatoms. The third-order valence-electron chi connectivity index (χ3n) is 5.41. The molecule has 0 radical (unpaired) electrons. The maximum atomic E-state index is 11.5. The normalized spacial score (nSPS) is 14.5. The van der Waals surface area contributed by atoms with Crippen molar-refractivity contribution in [3.63, 3.8) is 0 Å². The van der Waals surface area contributed by atoms with Crippen LogP contribution in [0.25, 0.3) is 0 Å². The maximum Gasteiger partial charge on any atom is 0.313 e. The largest absolute Gasteiger partial charge is 0.466 e. The van der Waals surface area contributed by atoms with Crippen molar-refractivity contribution in [2.45, 2.75) is 56.8 Å². The predicted molar refractivity (Wildman–Crippen MR) is 112 cm³/mol. The van der Waals surface area contributed by atoms with E-state index in [9.17, 15) is 4.79 Å². The average Bonchev–Trinajstić information content (AvgIpc) is 2.73. The van der Waals surface area contributed by atoms with Crippen LogP contribution < -0.4 is 0 Å². The molecule has 1 aromatic carbocycles. The van der Waals surface area contributed by atoms with Crippen molar-refractivity contribution in [2.75, 3.05) is 12.4 Å². The first-order valence-corrected chi connectivity index (χ1v) is 10.8. The standard InChI is InChI=1S/C23H26N2O2S/c1-4-23(5-2)11-12-28-20-10-9-17(13-19(20)23)7-8-18-15-24-21(25-16-18)14-22(26)27-6-3/h9-10,13,15-16H,4-6,11-12,14H2,1-3H3. The van der Waals surface area contributed by atoms with E-state index in [1.807, 2.05) is 11.8 Å². The highest BCUT2D eigenvalue weighted by molar-refractivity contribution is 7.99. The number of rotatable bonds is 5. The molecular weight excluding hydrogens is 368 g/mol. The zero-order valence-corrected chi connectivity index (χ0v) is 17.6. The number of carbonyl (C=O) groups excluding carboxylic acids is 1. The SMILES string of the molecule is CCOC(=O)Cc1ncc(C#Cc2ccc3c(c2)C(CC)(CC)CCS3)cn1. The summed E-state index contributed by atoms with van der Waals surface area (Å²) in [5.41, 5.74) is 3.47. The Kier molecular flexibility index (Phi) is 6.74. The lowest BCUT2D eigenvalue weighted by Gasteiger charge is -2.37. The summed E-state index contributed by atoms with van der Waals surface area (Å²) in [6.07, 6.45) is 6.94. The van der Waals surface area contributed by atoms with Gasteiger partial charge in [-0.15, -0.1) is 11.8 Å². The Labute approximate surface area is 171 Å². The van der Waals surface area contributed by atoms with Gasteiger partial charge in [0.25, 0.3) is 0 Å². The van der Waals surface area contributed by atoms with Crippen LogP contribution in [0, 0.1) is 11.8 Å². The van der Waals surface area contributed by atoms with E-state index in [4.69, 9.17) is 4.74 Å². The number of nitrogens with zero attached hydrogens (tertiary/aromatic N) is 2. The number of fused-ring (bicyclic) bond motifs is 1. The molecule has 3 rings (SSSR count). The molecule has 0 saturated heterocycles. The molecule has 0 spiro atoms. The van der Waals surface area contributed by atoms with Gasteiger partial charge >= 0.3 is 5.97 Å². The first-order chi connectivity index (χ1) is 13.6. The lowest BCUT2D eigenvalue weighted by molar-refractivity contribution is -0.142. The second kappa shape index (κ2) is 9.25. The minimum absolute atomic E-state index is 0.0835. The first-order valence-electron chi connectivity index (χ1n) is 9.86. The molecule has 4 nitrogen and oxygen atoms in total. The van der Waals surface area contributed by atoms with Crippen molar-refractivity contribution in [3.8, 4) is 11.8 Å². The summed E-state index contributed by atoms with van der Waals surface area (Å²) in [5, 5.41) is 0. The van der Waals surface area contributed by atoms with Crippen LogP contribution in [-0.2, 0) is 21.4 Å². The number of aromatic nitrogens is 2. The summed E-state index contributed by atoms with van der Waals surface area (Å²) in [7, 11) is 0. The molecule has 2 aromatic rings. The number of thioether (sulfide) groups is 1. The van der Waals surface area contributed by atoms with Crippen LogP contribution in [0.1, 0.15) is 62.5 Å². The molecule has 0 saturated carbocycles. The summed E-state index contributed by atoms with van der Waals surface area (Å²) in [4.78, 5) is 21.3. The van der Waals surface area contributed by atoms with Crippen LogP contribution in [0.4, 0.5) is 0 Å². The fourth-order valence-electron chi connectivity index (χ4n) is 3.62. The van der Waals surface area contributed by atoms with E-state index in [2.05, 4.69) is 53.9 Å². The summed E-state index contributed by atoms with van der Waals surface area (Å²) >= 11 is 1.95. The number of ether oxygens (including phenoxy) is 1. The monoisotopic (exact) mass is 394 g/mol. The van der Waals surface area contributed by atoms with Crippen molar-refractivity contribution < 1.29 is 9.53 Å². The Morgan fingerprint density at radius 2 is 1.86 bits per heavy atom. The van der Waals surface area contributed by atoms with Crippen LogP contribution in [0.2, 0.25) is 0 Å². The van der Waals surface area contributed by atoms with Gasteiger partial charge in [-0.2, -0.15) is 0 Å². The lowest BCUT2D eigenvalue weighted by Crippen LogP contribution is -2.28. The molecule has 1 aliphatic heterocycles. The van der Waals surface area contributed by atoms with Crippen LogP contribution >= 0.6 is 11.8 Å². The highest BCUT2D eigenvalue weighted by atomic mass is 32.2. The molecule has 0 N–H and O–H groups in total. The van der Waals surface area contributed by atoms with Gasteiger partial charge < -0.3 is 4.74 Å². The van der Waals surface area contributed by atoms with E-state index in [1.165, 1.54) is 22.6 Å². The minimum atomic E-state index is -0.316. The molecule has 28 heavy (non-hydrogen) atoms. The van der Waals surface area contributed by atoms with E-state index in [-0.39, 0.29) is 17.8 Å². The van der Waals surface area contributed by atoms with Crippen LogP contribution in [0.3, 0.4) is 0 Å². The number of benzene rings is 1. The van der Waals surface area contributed by atoms with Crippen LogP contribution in [0.15, 0.2) is 35.5 Å². The molecule has 0 atom stereocenters. The summed E-state index contributed by atoms with van der Waals surface area (Å²) in [5.74, 6) is 7.71. The number of carbonyl (C=O) groups is 1. The van der Waals surface area contributed by atoms with Crippen molar-refractivity contribution in [2.24, 2.45) is 0 Å². The Balaban J connectivity index is 1.78. The quantitative estimate of drug-likeness (QED) is 0.551. The average molecular weight is 395 g/mol. The molecule has 0 amide bonds. The predicted octanol–water partition coefficient (Wildman–Crippen LogP) is 4.54. The molecule has 0 fully saturated rings. The van der Waals surface area contributed by atoms with Crippen molar-refractivity contribution in [1.82, 2.24) is 9.97 Å². The Morgan fingerprint density at radius 1 is 1.14 bits per heavy atom. The number of hydrogen-bond donors (Lipinski definition) is 0. The van der Waals surface area contributed by atoms with Crippen LogP contribution in [-0.4, -0.2) is 28.3 Å². The molecule has 0 aliphatic carbocycles. The molecular formula is C23H26N2O2S. The highest BCUT2D eigenvalue weighted by Gasteiger charge is 2.33. The van der Waals surface area contributed by atoms with E-state index < -0.39 is 0 Å². The van der Waals surface area contributed by atoms with Gasteiger partial charge in [-0.3, -0.25) is 4.79 Å². The number of hydrogen-bond acceptors (Lipinski definition) is 5. The van der Waals surface area contributed by atoms with E-state index in [0.29, 0.717) is 12.4 Å².